The highest BCUT2D eigenvalue weighted by molar-refractivity contribution is 7.91. The maximum absolute atomic E-state index is 12.4. The molecule has 0 aromatic heterocycles. The highest BCUT2D eigenvalue weighted by atomic mass is 32.2. The SMILES string of the molecule is CCC(N)(CC)CNC(=O)c1cccc(CN2CCS(=O)(=O)CC2)c1. The first-order valence-corrected chi connectivity index (χ1v) is 10.7. The minimum absolute atomic E-state index is 0.125. The average Bonchev–Trinajstić information content (AvgIpc) is 2.61. The first kappa shape index (κ1) is 19.9. The highest BCUT2D eigenvalue weighted by Crippen LogP contribution is 2.13. The maximum atomic E-state index is 12.4. The van der Waals surface area contributed by atoms with E-state index in [0.717, 1.165) is 18.4 Å². The Balaban J connectivity index is 1.95. The van der Waals surface area contributed by atoms with Gasteiger partial charge in [-0.05, 0) is 30.5 Å². The van der Waals surface area contributed by atoms with E-state index in [1.54, 1.807) is 6.07 Å². The second-order valence-corrected chi connectivity index (χ2v) is 9.18. The van der Waals surface area contributed by atoms with Crippen molar-refractivity contribution in [3.05, 3.63) is 35.4 Å². The molecule has 0 bridgehead atoms. The smallest absolute Gasteiger partial charge is 0.251 e. The van der Waals surface area contributed by atoms with Crippen LogP contribution >= 0.6 is 0 Å². The van der Waals surface area contributed by atoms with E-state index in [0.29, 0.717) is 31.7 Å². The van der Waals surface area contributed by atoms with E-state index in [9.17, 15) is 13.2 Å². The summed E-state index contributed by atoms with van der Waals surface area (Å²) in [6.45, 7) is 6.24. The molecule has 1 fully saturated rings. The number of carbonyl (C=O) groups is 1. The molecule has 1 saturated heterocycles. The Morgan fingerprint density at radius 2 is 1.88 bits per heavy atom. The van der Waals surface area contributed by atoms with Gasteiger partial charge in [-0.1, -0.05) is 26.0 Å². The Kier molecular flexibility index (Phi) is 6.59. The molecule has 0 saturated carbocycles. The van der Waals surface area contributed by atoms with Crippen LogP contribution in [0.1, 0.15) is 42.6 Å². The molecule has 0 unspecified atom stereocenters. The number of benzene rings is 1. The minimum atomic E-state index is -2.87. The number of nitrogens with zero attached hydrogens (tertiary/aromatic N) is 1. The number of nitrogens with two attached hydrogens (primary N) is 1. The summed E-state index contributed by atoms with van der Waals surface area (Å²) in [6, 6.07) is 7.48. The van der Waals surface area contributed by atoms with E-state index in [1.807, 2.05) is 32.0 Å². The summed E-state index contributed by atoms with van der Waals surface area (Å²) >= 11 is 0. The fourth-order valence-corrected chi connectivity index (χ4v) is 4.11. The molecule has 1 aromatic carbocycles. The van der Waals surface area contributed by atoms with Crippen LogP contribution in [-0.2, 0) is 16.4 Å². The van der Waals surface area contributed by atoms with E-state index in [-0.39, 0.29) is 23.0 Å². The lowest BCUT2D eigenvalue weighted by Gasteiger charge is -2.27. The van der Waals surface area contributed by atoms with Crippen LogP contribution in [0.2, 0.25) is 0 Å². The van der Waals surface area contributed by atoms with Crippen LogP contribution < -0.4 is 11.1 Å². The van der Waals surface area contributed by atoms with E-state index in [4.69, 9.17) is 5.73 Å². The number of hydrogen-bond donors (Lipinski definition) is 2. The third-order valence-electron chi connectivity index (χ3n) is 5.04. The van der Waals surface area contributed by atoms with Crippen molar-refractivity contribution in [2.45, 2.75) is 38.8 Å². The molecule has 7 heteroatoms. The van der Waals surface area contributed by atoms with Crippen molar-refractivity contribution in [3.63, 3.8) is 0 Å². The molecule has 1 heterocycles. The van der Waals surface area contributed by atoms with Crippen molar-refractivity contribution >= 4 is 15.7 Å². The zero-order chi connectivity index (χ0) is 18.5. The lowest BCUT2D eigenvalue weighted by molar-refractivity contribution is 0.0942. The van der Waals surface area contributed by atoms with Gasteiger partial charge in [-0.15, -0.1) is 0 Å². The number of carbonyl (C=O) groups excluding carboxylic acids is 1. The molecule has 140 valence electrons. The highest BCUT2D eigenvalue weighted by Gasteiger charge is 2.23. The number of rotatable bonds is 7. The number of hydrogen-bond acceptors (Lipinski definition) is 5. The van der Waals surface area contributed by atoms with E-state index in [2.05, 4.69) is 10.2 Å². The normalized spacial score (nSPS) is 18.0. The Morgan fingerprint density at radius 3 is 2.48 bits per heavy atom. The second kappa shape index (κ2) is 8.29. The predicted molar refractivity (Wildman–Crippen MR) is 100 cm³/mol. The van der Waals surface area contributed by atoms with E-state index in [1.165, 1.54) is 0 Å². The molecule has 25 heavy (non-hydrogen) atoms. The molecular formula is C18H29N3O3S. The first-order chi connectivity index (χ1) is 11.8. The summed E-state index contributed by atoms with van der Waals surface area (Å²) in [6.07, 6.45) is 1.61. The van der Waals surface area contributed by atoms with Crippen molar-refractivity contribution in [1.82, 2.24) is 10.2 Å². The predicted octanol–water partition coefficient (Wildman–Crippen LogP) is 1.16. The van der Waals surface area contributed by atoms with Crippen LogP contribution in [0.25, 0.3) is 0 Å². The molecule has 6 nitrogen and oxygen atoms in total. The van der Waals surface area contributed by atoms with Gasteiger partial charge in [-0.3, -0.25) is 9.69 Å². The summed E-state index contributed by atoms with van der Waals surface area (Å²) in [5.74, 6) is 0.291. The summed E-state index contributed by atoms with van der Waals surface area (Å²) in [4.78, 5) is 14.5. The van der Waals surface area contributed by atoms with Crippen LogP contribution in [0.5, 0.6) is 0 Å². The summed E-state index contributed by atoms with van der Waals surface area (Å²) < 4.78 is 23.0. The molecule has 3 N–H and O–H groups in total. The Hall–Kier alpha value is -1.44. The van der Waals surface area contributed by atoms with E-state index < -0.39 is 9.84 Å². The molecule has 0 spiro atoms. The first-order valence-electron chi connectivity index (χ1n) is 8.86. The molecule has 1 amide bonds. The van der Waals surface area contributed by atoms with Gasteiger partial charge < -0.3 is 11.1 Å². The van der Waals surface area contributed by atoms with Gasteiger partial charge >= 0.3 is 0 Å². The summed E-state index contributed by atoms with van der Waals surface area (Å²) in [7, 11) is -2.87. The lowest BCUT2D eigenvalue weighted by Crippen LogP contribution is -2.49. The molecule has 1 aromatic rings. The summed E-state index contributed by atoms with van der Waals surface area (Å²) in [5, 5.41) is 2.93. The third kappa shape index (κ3) is 5.80. The van der Waals surface area contributed by atoms with Gasteiger partial charge in [-0.2, -0.15) is 0 Å². The monoisotopic (exact) mass is 367 g/mol. The van der Waals surface area contributed by atoms with Crippen molar-refractivity contribution < 1.29 is 13.2 Å². The standard InChI is InChI=1S/C18H29N3O3S/c1-3-18(19,4-2)14-20-17(22)16-7-5-6-15(12-16)13-21-8-10-25(23,24)11-9-21/h5-7,12H,3-4,8-11,13-14,19H2,1-2H3,(H,20,22). The van der Waals surface area contributed by atoms with Gasteiger partial charge in [0.05, 0.1) is 11.5 Å². The van der Waals surface area contributed by atoms with Crippen LogP contribution in [0, 0.1) is 0 Å². The van der Waals surface area contributed by atoms with Crippen molar-refractivity contribution in [2.75, 3.05) is 31.1 Å². The minimum Gasteiger partial charge on any atom is -0.350 e. The van der Waals surface area contributed by atoms with Crippen molar-refractivity contribution in [1.29, 1.82) is 0 Å². The fourth-order valence-electron chi connectivity index (χ4n) is 2.84. The molecule has 0 atom stereocenters. The van der Waals surface area contributed by atoms with Gasteiger partial charge in [0.25, 0.3) is 5.91 Å². The molecule has 1 aliphatic heterocycles. The Morgan fingerprint density at radius 1 is 1.24 bits per heavy atom. The zero-order valence-corrected chi connectivity index (χ0v) is 15.9. The van der Waals surface area contributed by atoms with Crippen LogP contribution in [0.3, 0.4) is 0 Å². The van der Waals surface area contributed by atoms with Crippen molar-refractivity contribution in [2.24, 2.45) is 5.73 Å². The van der Waals surface area contributed by atoms with Crippen LogP contribution in [-0.4, -0.2) is 55.9 Å². The van der Waals surface area contributed by atoms with Crippen molar-refractivity contribution in [3.8, 4) is 0 Å². The molecule has 1 aliphatic rings. The van der Waals surface area contributed by atoms with E-state index >= 15 is 0 Å². The Bertz CT molecular complexity index is 685. The number of sulfone groups is 1. The second-order valence-electron chi connectivity index (χ2n) is 6.88. The van der Waals surface area contributed by atoms with Crippen LogP contribution in [0.15, 0.2) is 24.3 Å². The van der Waals surface area contributed by atoms with Crippen LogP contribution in [0.4, 0.5) is 0 Å². The molecular weight excluding hydrogens is 338 g/mol. The van der Waals surface area contributed by atoms with Gasteiger partial charge in [-0.25, -0.2) is 8.42 Å². The zero-order valence-electron chi connectivity index (χ0n) is 15.1. The number of nitrogens with one attached hydrogen (secondary N) is 1. The topological polar surface area (TPSA) is 92.5 Å². The van der Waals surface area contributed by atoms with Gasteiger partial charge in [0.2, 0.25) is 0 Å². The summed E-state index contributed by atoms with van der Waals surface area (Å²) in [5.41, 5.74) is 7.48. The number of amides is 1. The van der Waals surface area contributed by atoms with Gasteiger partial charge in [0.1, 0.15) is 0 Å². The largest absolute Gasteiger partial charge is 0.350 e. The molecule has 0 aliphatic carbocycles. The van der Waals surface area contributed by atoms with Gasteiger partial charge in [0, 0.05) is 37.3 Å². The maximum Gasteiger partial charge on any atom is 0.251 e. The Labute approximate surface area is 150 Å². The van der Waals surface area contributed by atoms with Gasteiger partial charge in [0.15, 0.2) is 9.84 Å². The lowest BCUT2D eigenvalue weighted by atomic mass is 9.94. The fraction of sp³-hybridized carbons (Fsp3) is 0.611. The molecule has 2 rings (SSSR count). The quantitative estimate of drug-likeness (QED) is 0.754. The average molecular weight is 368 g/mol. The third-order valence-corrected chi connectivity index (χ3v) is 6.65. The molecule has 0 radical (unpaired) electrons.